The molecule has 1 heterocycles. The molecule has 5 heteroatoms. The van der Waals surface area contributed by atoms with Crippen LogP contribution in [0, 0.1) is 6.92 Å². The Bertz CT molecular complexity index is 617. The summed E-state index contributed by atoms with van der Waals surface area (Å²) in [5, 5.41) is 8.77. The normalized spacial score (nSPS) is 11.4. The molecule has 0 aliphatic rings. The molecule has 0 aliphatic heterocycles. The van der Waals surface area contributed by atoms with Crippen molar-refractivity contribution in [2.75, 3.05) is 14.1 Å². The van der Waals surface area contributed by atoms with E-state index in [1.165, 1.54) is 5.56 Å². The van der Waals surface area contributed by atoms with Gasteiger partial charge in [-0.3, -0.25) is 4.79 Å². The Labute approximate surface area is 118 Å². The van der Waals surface area contributed by atoms with Crippen LogP contribution in [0.25, 0.3) is 11.0 Å². The number of carbonyl (C=O) groups is 1. The molecular weight excluding hydrogens is 254 g/mol. The highest BCUT2D eigenvalue weighted by atomic mass is 16.4. The standard InChI is InChI=1S/C15H21N3O2/c1-11-6-7-13-12(9-11)16-14(10-17(2)3)18(13)8-4-5-15(19)20/h6-7,9H,4-5,8,10H2,1-3H3,(H,19,20). The topological polar surface area (TPSA) is 58.4 Å². The number of rotatable bonds is 6. The molecule has 0 saturated heterocycles. The van der Waals surface area contributed by atoms with E-state index in [2.05, 4.69) is 39.6 Å². The molecule has 108 valence electrons. The van der Waals surface area contributed by atoms with E-state index in [1.807, 2.05) is 14.1 Å². The second-order valence-electron chi connectivity index (χ2n) is 5.41. The summed E-state index contributed by atoms with van der Waals surface area (Å²) in [5.41, 5.74) is 3.25. The Balaban J connectivity index is 2.33. The van der Waals surface area contributed by atoms with Gasteiger partial charge in [-0.25, -0.2) is 4.98 Å². The van der Waals surface area contributed by atoms with Crippen molar-refractivity contribution in [1.29, 1.82) is 0 Å². The van der Waals surface area contributed by atoms with Gasteiger partial charge in [-0.2, -0.15) is 0 Å². The van der Waals surface area contributed by atoms with Crippen molar-refractivity contribution in [3.05, 3.63) is 29.6 Å². The summed E-state index contributed by atoms with van der Waals surface area (Å²) >= 11 is 0. The molecule has 5 nitrogen and oxygen atoms in total. The average molecular weight is 275 g/mol. The van der Waals surface area contributed by atoms with Gasteiger partial charge in [0.05, 0.1) is 17.6 Å². The molecule has 0 aliphatic carbocycles. The van der Waals surface area contributed by atoms with E-state index in [9.17, 15) is 4.79 Å². The lowest BCUT2D eigenvalue weighted by Crippen LogP contribution is -2.16. The van der Waals surface area contributed by atoms with Gasteiger partial charge in [0, 0.05) is 13.0 Å². The Morgan fingerprint density at radius 3 is 2.80 bits per heavy atom. The van der Waals surface area contributed by atoms with Crippen LogP contribution in [-0.4, -0.2) is 39.6 Å². The molecule has 2 rings (SSSR count). The van der Waals surface area contributed by atoms with E-state index in [4.69, 9.17) is 5.11 Å². The van der Waals surface area contributed by atoms with Gasteiger partial charge in [0.1, 0.15) is 5.82 Å². The maximum absolute atomic E-state index is 10.7. The fraction of sp³-hybridized carbons (Fsp3) is 0.467. The molecule has 0 unspecified atom stereocenters. The number of nitrogens with zero attached hydrogens (tertiary/aromatic N) is 3. The summed E-state index contributed by atoms with van der Waals surface area (Å²) in [4.78, 5) is 17.4. The van der Waals surface area contributed by atoms with Crippen molar-refractivity contribution in [1.82, 2.24) is 14.5 Å². The third-order valence-corrected chi connectivity index (χ3v) is 3.21. The molecule has 0 saturated carbocycles. The van der Waals surface area contributed by atoms with Crippen LogP contribution in [0.2, 0.25) is 0 Å². The number of fused-ring (bicyclic) bond motifs is 1. The van der Waals surface area contributed by atoms with Crippen LogP contribution >= 0.6 is 0 Å². The largest absolute Gasteiger partial charge is 0.481 e. The SMILES string of the molecule is Cc1ccc2c(c1)nc(CN(C)C)n2CCCC(=O)O. The van der Waals surface area contributed by atoms with Crippen LogP contribution in [0.1, 0.15) is 24.2 Å². The lowest BCUT2D eigenvalue weighted by atomic mass is 10.2. The van der Waals surface area contributed by atoms with Crippen molar-refractivity contribution in [3.8, 4) is 0 Å². The number of aliphatic carboxylic acids is 1. The van der Waals surface area contributed by atoms with Gasteiger partial charge in [0.25, 0.3) is 0 Å². The number of carboxylic acids is 1. The van der Waals surface area contributed by atoms with E-state index in [-0.39, 0.29) is 6.42 Å². The fourth-order valence-electron chi connectivity index (χ4n) is 2.33. The second kappa shape index (κ2) is 6.05. The van der Waals surface area contributed by atoms with Gasteiger partial charge in [-0.05, 0) is 45.1 Å². The Kier molecular flexibility index (Phi) is 4.39. The highest BCUT2D eigenvalue weighted by molar-refractivity contribution is 5.77. The van der Waals surface area contributed by atoms with Crippen molar-refractivity contribution in [2.45, 2.75) is 32.9 Å². The Morgan fingerprint density at radius 2 is 2.15 bits per heavy atom. The second-order valence-corrected chi connectivity index (χ2v) is 5.41. The van der Waals surface area contributed by atoms with Crippen molar-refractivity contribution < 1.29 is 9.90 Å². The number of benzene rings is 1. The predicted octanol–water partition coefficient (Wildman–Crippen LogP) is 2.27. The number of hydrogen-bond donors (Lipinski definition) is 1. The van der Waals surface area contributed by atoms with Gasteiger partial charge in [0.2, 0.25) is 0 Å². The molecule has 0 amide bonds. The van der Waals surface area contributed by atoms with Gasteiger partial charge >= 0.3 is 5.97 Å². The molecule has 1 aromatic carbocycles. The zero-order valence-electron chi connectivity index (χ0n) is 12.3. The van der Waals surface area contributed by atoms with E-state index in [0.717, 1.165) is 23.4 Å². The summed E-state index contributed by atoms with van der Waals surface area (Å²) in [6.45, 7) is 3.49. The maximum Gasteiger partial charge on any atom is 0.303 e. The lowest BCUT2D eigenvalue weighted by molar-refractivity contribution is -0.137. The minimum Gasteiger partial charge on any atom is -0.481 e. The molecule has 0 bridgehead atoms. The van der Waals surface area contributed by atoms with Gasteiger partial charge in [-0.15, -0.1) is 0 Å². The molecule has 0 spiro atoms. The lowest BCUT2D eigenvalue weighted by Gasteiger charge is -2.12. The van der Waals surface area contributed by atoms with Gasteiger partial charge in [-0.1, -0.05) is 6.07 Å². The summed E-state index contributed by atoms with van der Waals surface area (Å²) in [7, 11) is 4.01. The molecule has 0 atom stereocenters. The minimum atomic E-state index is -0.751. The number of carboxylic acid groups (broad SMARTS) is 1. The Hall–Kier alpha value is -1.88. The maximum atomic E-state index is 10.7. The molecule has 0 radical (unpaired) electrons. The fourth-order valence-corrected chi connectivity index (χ4v) is 2.33. The van der Waals surface area contributed by atoms with Gasteiger partial charge in [0.15, 0.2) is 0 Å². The first-order chi connectivity index (χ1) is 9.47. The number of aromatic nitrogens is 2. The highest BCUT2D eigenvalue weighted by Crippen LogP contribution is 2.19. The van der Waals surface area contributed by atoms with Crippen LogP contribution in [-0.2, 0) is 17.9 Å². The van der Waals surface area contributed by atoms with E-state index in [0.29, 0.717) is 13.0 Å². The van der Waals surface area contributed by atoms with E-state index >= 15 is 0 Å². The summed E-state index contributed by atoms with van der Waals surface area (Å²) in [5.74, 6) is 0.236. The van der Waals surface area contributed by atoms with E-state index < -0.39 is 5.97 Å². The van der Waals surface area contributed by atoms with Crippen LogP contribution in [0.3, 0.4) is 0 Å². The first-order valence-electron chi connectivity index (χ1n) is 6.79. The average Bonchev–Trinajstić information content (AvgIpc) is 2.65. The van der Waals surface area contributed by atoms with Crippen molar-refractivity contribution >= 4 is 17.0 Å². The van der Waals surface area contributed by atoms with Crippen molar-refractivity contribution in [3.63, 3.8) is 0 Å². The number of aryl methyl sites for hydroxylation is 2. The Morgan fingerprint density at radius 1 is 1.40 bits per heavy atom. The third kappa shape index (κ3) is 3.36. The van der Waals surface area contributed by atoms with Crippen LogP contribution in [0.5, 0.6) is 0 Å². The smallest absolute Gasteiger partial charge is 0.303 e. The zero-order chi connectivity index (χ0) is 14.7. The summed E-state index contributed by atoms with van der Waals surface area (Å²) in [6, 6.07) is 6.21. The first-order valence-corrected chi connectivity index (χ1v) is 6.79. The number of hydrogen-bond acceptors (Lipinski definition) is 3. The predicted molar refractivity (Wildman–Crippen MR) is 78.7 cm³/mol. The van der Waals surface area contributed by atoms with E-state index in [1.54, 1.807) is 0 Å². The number of imidazole rings is 1. The molecule has 2 aromatic rings. The van der Waals surface area contributed by atoms with Crippen LogP contribution in [0.4, 0.5) is 0 Å². The van der Waals surface area contributed by atoms with Crippen molar-refractivity contribution in [2.24, 2.45) is 0 Å². The molecule has 20 heavy (non-hydrogen) atoms. The molecule has 1 aromatic heterocycles. The third-order valence-electron chi connectivity index (χ3n) is 3.21. The minimum absolute atomic E-state index is 0.187. The summed E-state index contributed by atoms with van der Waals surface area (Å²) in [6.07, 6.45) is 0.808. The quantitative estimate of drug-likeness (QED) is 0.878. The first kappa shape index (κ1) is 14.5. The summed E-state index contributed by atoms with van der Waals surface area (Å²) < 4.78 is 2.14. The highest BCUT2D eigenvalue weighted by Gasteiger charge is 2.11. The monoisotopic (exact) mass is 275 g/mol. The van der Waals surface area contributed by atoms with Crippen LogP contribution < -0.4 is 0 Å². The van der Waals surface area contributed by atoms with Crippen LogP contribution in [0.15, 0.2) is 18.2 Å². The van der Waals surface area contributed by atoms with Gasteiger partial charge < -0.3 is 14.6 Å². The molecule has 1 N–H and O–H groups in total. The molecule has 0 fully saturated rings. The zero-order valence-corrected chi connectivity index (χ0v) is 12.3. The molecular formula is C15H21N3O2.